The van der Waals surface area contributed by atoms with Crippen LogP contribution in [0.5, 0.6) is 0 Å². The molecular formula is C18H20N4OS. The third-order valence-corrected chi connectivity index (χ3v) is 4.80. The Balaban J connectivity index is 1.96. The molecule has 0 aromatic carbocycles. The van der Waals surface area contributed by atoms with E-state index in [1.807, 2.05) is 33.8 Å². The summed E-state index contributed by atoms with van der Waals surface area (Å²) >= 11 is 1.44. The highest BCUT2D eigenvalue weighted by Crippen LogP contribution is 2.26. The van der Waals surface area contributed by atoms with Gasteiger partial charge < -0.3 is 5.32 Å². The highest BCUT2D eigenvalue weighted by Gasteiger charge is 2.13. The molecule has 2 rings (SSSR count). The fraction of sp³-hybridized carbons (Fsp3) is 0.333. The van der Waals surface area contributed by atoms with Crippen LogP contribution in [-0.2, 0) is 4.79 Å². The molecule has 0 saturated heterocycles. The SMILES string of the molecule is Cc1ccc(NC(=O)CCSc2nc(C)c(C)c(C)c2C#N)nc1. The van der Waals surface area contributed by atoms with Gasteiger partial charge in [-0.05, 0) is 50.5 Å². The fourth-order valence-electron chi connectivity index (χ4n) is 2.13. The molecule has 0 spiro atoms. The van der Waals surface area contributed by atoms with Gasteiger partial charge in [-0.15, -0.1) is 11.8 Å². The Hall–Kier alpha value is -2.39. The Morgan fingerprint density at radius 2 is 2.00 bits per heavy atom. The number of amides is 1. The van der Waals surface area contributed by atoms with Crippen LogP contribution in [0.4, 0.5) is 5.82 Å². The maximum Gasteiger partial charge on any atom is 0.226 e. The van der Waals surface area contributed by atoms with Crippen LogP contribution in [0.3, 0.4) is 0 Å². The molecule has 24 heavy (non-hydrogen) atoms. The number of hydrogen-bond acceptors (Lipinski definition) is 5. The van der Waals surface area contributed by atoms with Gasteiger partial charge in [-0.25, -0.2) is 9.97 Å². The first-order chi connectivity index (χ1) is 11.4. The molecule has 6 heteroatoms. The Morgan fingerprint density at radius 1 is 1.25 bits per heavy atom. The van der Waals surface area contributed by atoms with Crippen LogP contribution in [-0.4, -0.2) is 21.6 Å². The summed E-state index contributed by atoms with van der Waals surface area (Å²) in [7, 11) is 0. The van der Waals surface area contributed by atoms with E-state index in [1.54, 1.807) is 12.3 Å². The predicted octanol–water partition coefficient (Wildman–Crippen LogP) is 3.70. The number of thioether (sulfide) groups is 1. The molecule has 1 N–H and O–H groups in total. The van der Waals surface area contributed by atoms with E-state index in [9.17, 15) is 10.1 Å². The van der Waals surface area contributed by atoms with Crippen molar-refractivity contribution in [3.05, 3.63) is 46.3 Å². The molecule has 124 valence electrons. The fourth-order valence-corrected chi connectivity index (χ4v) is 3.16. The molecule has 0 bridgehead atoms. The van der Waals surface area contributed by atoms with Crippen molar-refractivity contribution < 1.29 is 4.79 Å². The Labute approximate surface area is 146 Å². The van der Waals surface area contributed by atoms with Crippen molar-refractivity contribution in [3.8, 4) is 6.07 Å². The molecule has 0 aliphatic heterocycles. The van der Waals surface area contributed by atoms with E-state index in [2.05, 4.69) is 21.4 Å². The number of pyridine rings is 2. The lowest BCUT2D eigenvalue weighted by molar-refractivity contribution is -0.115. The van der Waals surface area contributed by atoms with Gasteiger partial charge in [0.2, 0.25) is 5.91 Å². The van der Waals surface area contributed by atoms with Crippen LogP contribution in [0.25, 0.3) is 0 Å². The number of nitriles is 1. The second kappa shape index (κ2) is 7.93. The lowest BCUT2D eigenvalue weighted by atomic mass is 10.1. The van der Waals surface area contributed by atoms with E-state index < -0.39 is 0 Å². The van der Waals surface area contributed by atoms with Crippen LogP contribution in [0.1, 0.15) is 34.4 Å². The number of rotatable bonds is 5. The average molecular weight is 340 g/mol. The van der Waals surface area contributed by atoms with Crippen molar-refractivity contribution in [1.29, 1.82) is 5.26 Å². The first kappa shape index (κ1) is 18.0. The second-order valence-electron chi connectivity index (χ2n) is 5.61. The van der Waals surface area contributed by atoms with Crippen molar-refractivity contribution in [3.63, 3.8) is 0 Å². The van der Waals surface area contributed by atoms with Crippen molar-refractivity contribution in [2.24, 2.45) is 0 Å². The summed E-state index contributed by atoms with van der Waals surface area (Å²) in [6.45, 7) is 7.78. The third kappa shape index (κ3) is 4.33. The average Bonchev–Trinajstić information content (AvgIpc) is 2.55. The van der Waals surface area contributed by atoms with Crippen LogP contribution in [0, 0.1) is 39.0 Å². The van der Waals surface area contributed by atoms with Crippen LogP contribution < -0.4 is 5.32 Å². The van der Waals surface area contributed by atoms with E-state index >= 15 is 0 Å². The zero-order valence-electron chi connectivity index (χ0n) is 14.3. The minimum atomic E-state index is -0.0992. The van der Waals surface area contributed by atoms with Gasteiger partial charge in [-0.1, -0.05) is 6.07 Å². The van der Waals surface area contributed by atoms with Crippen molar-refractivity contribution >= 4 is 23.5 Å². The maximum atomic E-state index is 12.0. The van der Waals surface area contributed by atoms with Gasteiger partial charge >= 0.3 is 0 Å². The van der Waals surface area contributed by atoms with Crippen molar-refractivity contribution in [2.75, 3.05) is 11.1 Å². The number of aryl methyl sites for hydroxylation is 2. The lowest BCUT2D eigenvalue weighted by Crippen LogP contribution is -2.13. The number of anilines is 1. The molecule has 0 atom stereocenters. The number of carbonyl (C=O) groups is 1. The zero-order chi connectivity index (χ0) is 17.7. The number of nitrogens with one attached hydrogen (secondary N) is 1. The number of hydrogen-bond donors (Lipinski definition) is 1. The topological polar surface area (TPSA) is 78.7 Å². The van der Waals surface area contributed by atoms with Crippen molar-refractivity contribution in [1.82, 2.24) is 9.97 Å². The second-order valence-corrected chi connectivity index (χ2v) is 6.69. The maximum absolute atomic E-state index is 12.0. The van der Waals surface area contributed by atoms with E-state index in [0.29, 0.717) is 28.6 Å². The van der Waals surface area contributed by atoms with Gasteiger partial charge in [-0.2, -0.15) is 5.26 Å². The zero-order valence-corrected chi connectivity index (χ0v) is 15.1. The molecule has 2 aromatic heterocycles. The molecule has 2 heterocycles. The van der Waals surface area contributed by atoms with Crippen molar-refractivity contribution in [2.45, 2.75) is 39.1 Å². The van der Waals surface area contributed by atoms with Gasteiger partial charge in [0, 0.05) is 24.1 Å². The summed E-state index contributed by atoms with van der Waals surface area (Å²) < 4.78 is 0. The largest absolute Gasteiger partial charge is 0.311 e. The van der Waals surface area contributed by atoms with Gasteiger partial charge in [0.15, 0.2) is 0 Å². The highest BCUT2D eigenvalue weighted by atomic mass is 32.2. The lowest BCUT2D eigenvalue weighted by Gasteiger charge is -2.11. The molecule has 0 unspecified atom stereocenters. The molecule has 0 fully saturated rings. The summed E-state index contributed by atoms with van der Waals surface area (Å²) in [6, 6.07) is 5.90. The minimum Gasteiger partial charge on any atom is -0.311 e. The van der Waals surface area contributed by atoms with Gasteiger partial charge in [-0.3, -0.25) is 4.79 Å². The van der Waals surface area contributed by atoms with Gasteiger partial charge in [0.1, 0.15) is 16.9 Å². The Bertz CT molecular complexity index is 794. The monoisotopic (exact) mass is 340 g/mol. The Kier molecular flexibility index (Phi) is 5.93. The quantitative estimate of drug-likeness (QED) is 0.840. The first-order valence-corrected chi connectivity index (χ1v) is 8.64. The van der Waals surface area contributed by atoms with Gasteiger partial charge in [0.25, 0.3) is 0 Å². The summed E-state index contributed by atoms with van der Waals surface area (Å²) in [6.07, 6.45) is 2.05. The number of carbonyl (C=O) groups excluding carboxylic acids is 1. The smallest absolute Gasteiger partial charge is 0.226 e. The number of aromatic nitrogens is 2. The van der Waals surface area contributed by atoms with E-state index in [1.165, 1.54) is 11.8 Å². The van der Waals surface area contributed by atoms with E-state index in [4.69, 9.17) is 0 Å². The molecule has 0 aliphatic rings. The molecule has 5 nitrogen and oxygen atoms in total. The predicted molar refractivity (Wildman–Crippen MR) is 96.1 cm³/mol. The van der Waals surface area contributed by atoms with Crippen LogP contribution in [0.15, 0.2) is 23.4 Å². The molecular weight excluding hydrogens is 320 g/mol. The highest BCUT2D eigenvalue weighted by molar-refractivity contribution is 7.99. The molecule has 2 aromatic rings. The minimum absolute atomic E-state index is 0.0992. The van der Waals surface area contributed by atoms with Gasteiger partial charge in [0.05, 0.1) is 5.56 Å². The third-order valence-electron chi connectivity index (χ3n) is 3.82. The Morgan fingerprint density at radius 3 is 2.62 bits per heavy atom. The summed E-state index contributed by atoms with van der Waals surface area (Å²) in [4.78, 5) is 20.6. The molecule has 0 saturated carbocycles. The normalized spacial score (nSPS) is 10.3. The van der Waals surface area contributed by atoms with Crippen LogP contribution >= 0.6 is 11.8 Å². The standard InChI is InChI=1S/C18H20N4OS/c1-11-5-6-16(20-10-11)22-17(23)7-8-24-18-15(9-19)13(3)12(2)14(4)21-18/h5-6,10H,7-8H2,1-4H3,(H,20,22,23). The summed E-state index contributed by atoms with van der Waals surface area (Å²) in [5, 5.41) is 12.8. The first-order valence-electron chi connectivity index (χ1n) is 7.65. The summed E-state index contributed by atoms with van der Waals surface area (Å²) in [5.41, 5.74) is 4.56. The molecule has 0 aliphatic carbocycles. The molecule has 1 amide bonds. The molecule has 0 radical (unpaired) electrons. The van der Waals surface area contributed by atoms with Crippen LogP contribution in [0.2, 0.25) is 0 Å². The number of nitrogens with zero attached hydrogens (tertiary/aromatic N) is 3. The van der Waals surface area contributed by atoms with E-state index in [0.717, 1.165) is 22.4 Å². The van der Waals surface area contributed by atoms with E-state index in [-0.39, 0.29) is 5.91 Å². The summed E-state index contributed by atoms with van der Waals surface area (Å²) in [5.74, 6) is 1.01.